The van der Waals surface area contributed by atoms with Crippen LogP contribution in [0.2, 0.25) is 0 Å². The average molecular weight is 641 g/mol. The quantitative estimate of drug-likeness (QED) is 0.299. The second kappa shape index (κ2) is 12.8. The van der Waals surface area contributed by atoms with Crippen LogP contribution in [0.25, 0.3) is 6.08 Å². The maximum Gasteiger partial charge on any atom is 0.294 e. The molecule has 11 heteroatoms. The Labute approximate surface area is 249 Å². The van der Waals surface area contributed by atoms with Gasteiger partial charge in [-0.3, -0.25) is 19.3 Å². The molecule has 41 heavy (non-hydrogen) atoms. The highest BCUT2D eigenvalue weighted by molar-refractivity contribution is 9.10. The van der Waals surface area contributed by atoms with Gasteiger partial charge in [-0.15, -0.1) is 0 Å². The monoisotopic (exact) mass is 639 g/mol. The van der Waals surface area contributed by atoms with Crippen LogP contribution >= 0.6 is 27.7 Å². The van der Waals surface area contributed by atoms with E-state index in [1.807, 2.05) is 30.3 Å². The molecule has 212 valence electrons. The smallest absolute Gasteiger partial charge is 0.294 e. The number of anilines is 1. The van der Waals surface area contributed by atoms with Crippen LogP contribution in [0.4, 0.5) is 14.9 Å². The van der Waals surface area contributed by atoms with Gasteiger partial charge in [0.25, 0.3) is 11.1 Å². The molecule has 0 spiro atoms. The Hall–Kier alpha value is -3.83. The molecule has 0 bridgehead atoms. The molecule has 0 radical (unpaired) electrons. The van der Waals surface area contributed by atoms with Gasteiger partial charge >= 0.3 is 0 Å². The fraction of sp³-hybridized carbons (Fsp3) is 0.233. The molecule has 0 N–H and O–H groups in total. The standard InChI is InChI=1S/C30H27BrFN3O5S/c1-39-25-16-21(15-24(31)28(25)40-19-20-7-9-22(32)10-8-20)17-26-29(37)35(30(38)41-26)18-27(36)34-13-11-33(12-14-34)23-5-3-2-4-6-23/h2-10,15-17H,11-14,18-19H2,1H3/b26-17+. The number of amides is 3. The lowest BCUT2D eigenvalue weighted by Crippen LogP contribution is -2.51. The van der Waals surface area contributed by atoms with E-state index in [9.17, 15) is 18.8 Å². The Morgan fingerprint density at radius 1 is 1.02 bits per heavy atom. The SMILES string of the molecule is COc1cc(/C=C2/SC(=O)N(CC(=O)N3CCN(c4ccccc4)CC3)C2=O)cc(Br)c1OCc1ccc(F)cc1. The van der Waals surface area contributed by atoms with Gasteiger partial charge in [0.1, 0.15) is 19.0 Å². The van der Waals surface area contributed by atoms with Crippen LogP contribution in [0.5, 0.6) is 11.5 Å². The van der Waals surface area contributed by atoms with Crippen LogP contribution < -0.4 is 14.4 Å². The van der Waals surface area contributed by atoms with Crippen molar-refractivity contribution in [2.75, 3.05) is 44.7 Å². The Bertz CT molecular complexity index is 1480. The zero-order valence-electron chi connectivity index (χ0n) is 22.2. The van der Waals surface area contributed by atoms with Gasteiger partial charge in [-0.2, -0.15) is 0 Å². The summed E-state index contributed by atoms with van der Waals surface area (Å²) in [7, 11) is 1.50. The van der Waals surface area contributed by atoms with E-state index >= 15 is 0 Å². The molecule has 2 saturated heterocycles. The molecule has 0 atom stereocenters. The second-order valence-electron chi connectivity index (χ2n) is 9.42. The number of piperazine rings is 1. The molecule has 3 aromatic rings. The Kier molecular flexibility index (Phi) is 8.94. The van der Waals surface area contributed by atoms with Crippen molar-refractivity contribution in [1.82, 2.24) is 9.80 Å². The normalized spacial score (nSPS) is 16.5. The van der Waals surface area contributed by atoms with Crippen molar-refractivity contribution < 1.29 is 28.2 Å². The van der Waals surface area contributed by atoms with Crippen molar-refractivity contribution in [3.63, 3.8) is 0 Å². The highest BCUT2D eigenvalue weighted by Gasteiger charge is 2.37. The molecule has 3 aromatic carbocycles. The third-order valence-electron chi connectivity index (χ3n) is 6.77. The number of nitrogens with zero attached hydrogens (tertiary/aromatic N) is 3. The van der Waals surface area contributed by atoms with Crippen molar-refractivity contribution in [3.05, 3.63) is 93.1 Å². The highest BCUT2D eigenvalue weighted by Crippen LogP contribution is 2.39. The van der Waals surface area contributed by atoms with Gasteiger partial charge in [0.15, 0.2) is 11.5 Å². The lowest BCUT2D eigenvalue weighted by molar-refractivity contribution is -0.136. The first kappa shape index (κ1) is 28.7. The van der Waals surface area contributed by atoms with Crippen LogP contribution in [0, 0.1) is 5.82 Å². The molecule has 2 aliphatic rings. The predicted molar refractivity (Wildman–Crippen MR) is 159 cm³/mol. The summed E-state index contributed by atoms with van der Waals surface area (Å²) >= 11 is 4.29. The van der Waals surface area contributed by atoms with Crippen LogP contribution in [0.15, 0.2) is 76.1 Å². The average Bonchev–Trinajstić information content (AvgIpc) is 3.24. The fourth-order valence-electron chi connectivity index (χ4n) is 4.58. The van der Waals surface area contributed by atoms with Gasteiger partial charge in [-0.1, -0.05) is 30.3 Å². The molecular weight excluding hydrogens is 613 g/mol. The Balaban J connectivity index is 1.22. The predicted octanol–water partition coefficient (Wildman–Crippen LogP) is 5.56. The molecule has 5 rings (SSSR count). The third-order valence-corrected chi connectivity index (χ3v) is 8.26. The molecule has 2 heterocycles. The summed E-state index contributed by atoms with van der Waals surface area (Å²) in [5.74, 6) is -0.236. The Morgan fingerprint density at radius 2 is 1.73 bits per heavy atom. The summed E-state index contributed by atoms with van der Waals surface area (Å²) in [6.45, 7) is 2.29. The maximum atomic E-state index is 13.2. The zero-order chi connectivity index (χ0) is 28.9. The van der Waals surface area contributed by atoms with Crippen LogP contribution in [0.1, 0.15) is 11.1 Å². The number of carbonyl (C=O) groups is 3. The van der Waals surface area contributed by atoms with E-state index in [0.29, 0.717) is 47.7 Å². The van der Waals surface area contributed by atoms with Gasteiger partial charge in [0.05, 0.1) is 16.5 Å². The summed E-state index contributed by atoms with van der Waals surface area (Å²) in [6.07, 6.45) is 1.59. The van der Waals surface area contributed by atoms with Crippen LogP contribution in [-0.4, -0.2) is 66.7 Å². The summed E-state index contributed by atoms with van der Waals surface area (Å²) in [5, 5.41) is -0.484. The van der Waals surface area contributed by atoms with Crippen molar-refractivity contribution >= 4 is 56.5 Å². The molecule has 0 aromatic heterocycles. The number of ether oxygens (including phenoxy) is 2. The lowest BCUT2D eigenvalue weighted by atomic mass is 10.1. The molecule has 0 aliphatic carbocycles. The van der Waals surface area contributed by atoms with E-state index in [-0.39, 0.29) is 29.8 Å². The van der Waals surface area contributed by atoms with Gasteiger partial charge in [-0.05, 0) is 81.3 Å². The van der Waals surface area contributed by atoms with E-state index < -0.39 is 11.1 Å². The van der Waals surface area contributed by atoms with Crippen LogP contribution in [-0.2, 0) is 16.2 Å². The third kappa shape index (κ3) is 6.74. The number of hydrogen-bond donors (Lipinski definition) is 0. The first-order valence-electron chi connectivity index (χ1n) is 12.9. The lowest BCUT2D eigenvalue weighted by Gasteiger charge is -2.36. The minimum Gasteiger partial charge on any atom is -0.493 e. The van der Waals surface area contributed by atoms with Crippen molar-refractivity contribution in [2.45, 2.75) is 6.61 Å². The van der Waals surface area contributed by atoms with E-state index in [0.717, 1.165) is 27.9 Å². The number of benzene rings is 3. The van der Waals surface area contributed by atoms with E-state index in [1.165, 1.54) is 19.2 Å². The maximum absolute atomic E-state index is 13.2. The van der Waals surface area contributed by atoms with Gasteiger partial charge in [0, 0.05) is 31.9 Å². The van der Waals surface area contributed by atoms with Gasteiger partial charge in [-0.25, -0.2) is 4.39 Å². The number of hydrogen-bond acceptors (Lipinski definition) is 7. The van der Waals surface area contributed by atoms with Crippen molar-refractivity contribution in [2.24, 2.45) is 0 Å². The number of methoxy groups -OCH3 is 1. The summed E-state index contributed by atoms with van der Waals surface area (Å²) in [6, 6.07) is 19.4. The number of thioether (sulfide) groups is 1. The Morgan fingerprint density at radius 3 is 2.41 bits per heavy atom. The number of imide groups is 1. The molecule has 2 aliphatic heterocycles. The summed E-state index contributed by atoms with van der Waals surface area (Å²) in [5.41, 5.74) is 2.49. The van der Waals surface area contributed by atoms with Crippen LogP contribution in [0.3, 0.4) is 0 Å². The highest BCUT2D eigenvalue weighted by atomic mass is 79.9. The minimum atomic E-state index is -0.511. The van der Waals surface area contributed by atoms with E-state index in [2.05, 4.69) is 20.8 Å². The summed E-state index contributed by atoms with van der Waals surface area (Å²) in [4.78, 5) is 43.9. The first-order valence-corrected chi connectivity index (χ1v) is 14.5. The van der Waals surface area contributed by atoms with Crippen molar-refractivity contribution in [3.8, 4) is 11.5 Å². The molecule has 0 unspecified atom stereocenters. The minimum absolute atomic E-state index is 0.197. The number of carbonyl (C=O) groups excluding carboxylic acids is 3. The number of rotatable bonds is 8. The van der Waals surface area contributed by atoms with E-state index in [4.69, 9.17) is 9.47 Å². The molecule has 8 nitrogen and oxygen atoms in total. The fourth-order valence-corrected chi connectivity index (χ4v) is 5.99. The second-order valence-corrected chi connectivity index (χ2v) is 11.3. The summed E-state index contributed by atoms with van der Waals surface area (Å²) < 4.78 is 25.2. The van der Waals surface area contributed by atoms with Gasteiger partial charge < -0.3 is 19.3 Å². The zero-order valence-corrected chi connectivity index (χ0v) is 24.6. The number of para-hydroxylation sites is 1. The molecule has 2 fully saturated rings. The van der Waals surface area contributed by atoms with Crippen molar-refractivity contribution in [1.29, 1.82) is 0 Å². The topological polar surface area (TPSA) is 79.4 Å². The largest absolute Gasteiger partial charge is 0.493 e. The number of halogens is 2. The molecule has 3 amide bonds. The van der Waals surface area contributed by atoms with Gasteiger partial charge in [0.2, 0.25) is 5.91 Å². The van der Waals surface area contributed by atoms with E-state index in [1.54, 1.807) is 35.2 Å². The first-order chi connectivity index (χ1) is 19.8. The molecule has 0 saturated carbocycles. The molecular formula is C30H27BrFN3O5S.